The van der Waals surface area contributed by atoms with Gasteiger partial charge < -0.3 is 9.11 Å². The van der Waals surface area contributed by atoms with E-state index in [1.807, 2.05) is 0 Å². The van der Waals surface area contributed by atoms with Crippen LogP contribution in [0, 0.1) is 0 Å². The molecule has 0 aliphatic rings. The first kappa shape index (κ1) is 27.7. The second kappa shape index (κ2) is 8.61. The van der Waals surface area contributed by atoms with Crippen molar-refractivity contribution in [3.63, 3.8) is 0 Å². The van der Waals surface area contributed by atoms with E-state index >= 15 is 0 Å². The number of halogens is 6. The molecule has 0 N–H and O–H groups in total. The van der Waals surface area contributed by atoms with Crippen LogP contribution in [-0.4, -0.2) is 37.0 Å². The first-order chi connectivity index (χ1) is 6.50. The molecule has 0 bridgehead atoms. The van der Waals surface area contributed by atoms with Crippen molar-refractivity contribution >= 4 is 20.2 Å². The van der Waals surface area contributed by atoms with Gasteiger partial charge in [0, 0.05) is 0 Å². The Balaban J connectivity index is -0.0000000980. The Morgan fingerprint density at radius 1 is 0.667 bits per heavy atom. The molecule has 0 saturated carbocycles. The van der Waals surface area contributed by atoms with Crippen LogP contribution in [0.2, 0.25) is 0 Å². The van der Waals surface area contributed by atoms with Gasteiger partial charge in [-0.25, -0.2) is 16.8 Å². The molecular formula is C2F6O6S2ScY+4. The number of alkyl halides is 6. The maximum absolute atomic E-state index is 10.7. The molecule has 0 aliphatic carbocycles. The van der Waals surface area contributed by atoms with Crippen LogP contribution in [-0.2, 0) is 78.8 Å². The average Bonchev–Trinajstić information content (AvgIpc) is 1.77. The number of hydrogen-bond acceptors (Lipinski definition) is 6. The molecule has 0 saturated heterocycles. The van der Waals surface area contributed by atoms with E-state index in [9.17, 15) is 26.3 Å². The SMILES string of the molecule is O=S(=O)([O-])C(F)(F)F.O=S(=O)([O-])C(F)(F)F.[Sc+3].[Y+3]. The van der Waals surface area contributed by atoms with Gasteiger partial charge in [0.05, 0.1) is 0 Å². The minimum absolute atomic E-state index is 0. The quantitative estimate of drug-likeness (QED) is 0.305. The third-order valence-corrected chi connectivity index (χ3v) is 1.70. The molecule has 0 aromatic rings. The normalized spacial score (nSPS) is 12.4. The summed E-state index contributed by atoms with van der Waals surface area (Å²) in [5.74, 6) is 0. The third kappa shape index (κ3) is 12.4. The summed E-state index contributed by atoms with van der Waals surface area (Å²) >= 11 is 0. The largest absolute Gasteiger partial charge is 3.00 e. The van der Waals surface area contributed by atoms with Gasteiger partial charge in [-0.15, -0.1) is 0 Å². The molecule has 0 aliphatic heterocycles. The first-order valence-electron chi connectivity index (χ1n) is 2.54. The van der Waals surface area contributed by atoms with E-state index in [1.54, 1.807) is 0 Å². The van der Waals surface area contributed by atoms with Crippen LogP contribution >= 0.6 is 0 Å². The Labute approximate surface area is 141 Å². The maximum Gasteiger partial charge on any atom is 3.00 e. The van der Waals surface area contributed by atoms with Gasteiger partial charge in [-0.05, 0) is 0 Å². The van der Waals surface area contributed by atoms with Gasteiger partial charge in [0.25, 0.3) is 0 Å². The van der Waals surface area contributed by atoms with Crippen molar-refractivity contribution in [2.24, 2.45) is 0 Å². The first-order valence-corrected chi connectivity index (χ1v) is 5.36. The molecule has 0 heterocycles. The zero-order valence-electron chi connectivity index (χ0n) is 7.69. The second-order valence-corrected chi connectivity index (χ2v) is 4.54. The van der Waals surface area contributed by atoms with Crippen LogP contribution < -0.4 is 0 Å². The van der Waals surface area contributed by atoms with E-state index in [4.69, 9.17) is 25.9 Å². The molecule has 16 heteroatoms. The van der Waals surface area contributed by atoms with Crippen molar-refractivity contribution in [1.29, 1.82) is 0 Å². The summed E-state index contributed by atoms with van der Waals surface area (Å²) in [6, 6.07) is 0. The number of hydrogen-bond donors (Lipinski definition) is 0. The third-order valence-electron chi connectivity index (χ3n) is 0.567. The molecule has 0 unspecified atom stereocenters. The molecule has 18 heavy (non-hydrogen) atoms. The van der Waals surface area contributed by atoms with Crippen molar-refractivity contribution < 1.29 is 111 Å². The second-order valence-electron chi connectivity index (χ2n) is 1.80. The minimum Gasteiger partial charge on any atom is -0.741 e. The maximum atomic E-state index is 10.7. The fraction of sp³-hybridized carbons (Fsp3) is 1.00. The number of rotatable bonds is 0. The average molecular weight is 432 g/mol. The summed E-state index contributed by atoms with van der Waals surface area (Å²) in [5, 5.41) is 0. The van der Waals surface area contributed by atoms with E-state index < -0.39 is 31.3 Å². The van der Waals surface area contributed by atoms with Crippen molar-refractivity contribution in [2.45, 2.75) is 11.0 Å². The summed E-state index contributed by atoms with van der Waals surface area (Å²) in [5.41, 5.74) is -11.3. The van der Waals surface area contributed by atoms with Gasteiger partial charge in [-0.2, -0.15) is 26.3 Å². The van der Waals surface area contributed by atoms with Crippen LogP contribution in [0.3, 0.4) is 0 Å². The molecule has 0 radical (unpaired) electrons. The molecule has 0 fully saturated rings. The monoisotopic (exact) mass is 432 g/mol. The summed E-state index contributed by atoms with van der Waals surface area (Å²) in [4.78, 5) is 0. The van der Waals surface area contributed by atoms with Gasteiger partial charge in [0.2, 0.25) is 0 Å². The van der Waals surface area contributed by atoms with Gasteiger partial charge in [0.1, 0.15) is 0 Å². The summed E-state index contributed by atoms with van der Waals surface area (Å²) < 4.78 is 118. The van der Waals surface area contributed by atoms with Crippen molar-refractivity contribution in [3.8, 4) is 0 Å². The Kier molecular flexibility index (Phi) is 13.2. The van der Waals surface area contributed by atoms with Gasteiger partial charge >= 0.3 is 69.6 Å². The topological polar surface area (TPSA) is 114 Å². The van der Waals surface area contributed by atoms with Crippen LogP contribution in [0.1, 0.15) is 0 Å². The Hall–Kier alpha value is 1.37. The van der Waals surface area contributed by atoms with Crippen molar-refractivity contribution in [1.82, 2.24) is 0 Å². The predicted molar refractivity (Wildman–Crippen MR) is 31.5 cm³/mol. The van der Waals surface area contributed by atoms with Gasteiger partial charge in [-0.1, -0.05) is 0 Å². The molecule has 0 aromatic heterocycles. The molecule has 0 rings (SSSR count). The van der Waals surface area contributed by atoms with Crippen molar-refractivity contribution in [2.75, 3.05) is 0 Å². The fourth-order valence-electron chi connectivity index (χ4n) is 0. The van der Waals surface area contributed by atoms with E-state index in [0.29, 0.717) is 0 Å². The Morgan fingerprint density at radius 2 is 0.722 bits per heavy atom. The fourth-order valence-corrected chi connectivity index (χ4v) is 0. The summed E-state index contributed by atoms with van der Waals surface area (Å²) in [6.07, 6.45) is 0. The van der Waals surface area contributed by atoms with E-state index in [0.717, 1.165) is 0 Å². The Bertz CT molecular complexity index is 380. The minimum atomic E-state index is -6.09. The summed E-state index contributed by atoms with van der Waals surface area (Å²) in [6.45, 7) is 0. The molecule has 0 spiro atoms. The van der Waals surface area contributed by atoms with E-state index in [2.05, 4.69) is 0 Å². The van der Waals surface area contributed by atoms with E-state index in [-0.39, 0.29) is 58.6 Å². The van der Waals surface area contributed by atoms with Crippen LogP contribution in [0.25, 0.3) is 0 Å². The van der Waals surface area contributed by atoms with Gasteiger partial charge in [0.15, 0.2) is 20.2 Å². The Morgan fingerprint density at radius 3 is 0.722 bits per heavy atom. The van der Waals surface area contributed by atoms with Crippen LogP contribution in [0.5, 0.6) is 0 Å². The zero-order valence-corrected chi connectivity index (χ0v) is 14.0. The summed E-state index contributed by atoms with van der Waals surface area (Å²) in [7, 11) is -12.2. The standard InChI is InChI=1S/2CHF3O3S.Sc.Y/c2*2-1(3,4)8(5,6)7;;/h2*(H,5,6,7);;/q;;2*+3/p-2. The molecule has 0 atom stereocenters. The predicted octanol–water partition coefficient (Wildman–Crippen LogP) is 0.0978. The van der Waals surface area contributed by atoms with Gasteiger partial charge in [-0.3, -0.25) is 0 Å². The molecular weight excluding hydrogens is 432 g/mol. The molecule has 0 amide bonds. The van der Waals surface area contributed by atoms with Crippen LogP contribution in [0.15, 0.2) is 0 Å². The van der Waals surface area contributed by atoms with E-state index in [1.165, 1.54) is 0 Å². The molecule has 6 nitrogen and oxygen atoms in total. The van der Waals surface area contributed by atoms with Crippen LogP contribution in [0.4, 0.5) is 26.3 Å². The molecule has 100 valence electrons. The zero-order chi connectivity index (χ0) is 14.0. The molecule has 0 aromatic carbocycles. The van der Waals surface area contributed by atoms with Crippen molar-refractivity contribution in [3.05, 3.63) is 0 Å². The smallest absolute Gasteiger partial charge is 0.741 e.